The summed E-state index contributed by atoms with van der Waals surface area (Å²) in [6.45, 7) is 4.18. The minimum absolute atomic E-state index is 0.0790. The lowest BCUT2D eigenvalue weighted by molar-refractivity contribution is -0.147. The Morgan fingerprint density at radius 1 is 1.07 bits per heavy atom. The largest absolute Gasteiger partial charge is 0.494 e. The maximum absolute atomic E-state index is 14.4. The molecule has 1 amide bonds. The van der Waals surface area contributed by atoms with E-state index in [0.29, 0.717) is 28.5 Å². The maximum Gasteiger partial charge on any atom is 0.343 e. The highest BCUT2D eigenvalue weighted by Crippen LogP contribution is 2.45. The highest BCUT2D eigenvalue weighted by Gasteiger charge is 2.28. The first-order chi connectivity index (χ1) is 20.2. The van der Waals surface area contributed by atoms with Gasteiger partial charge in [0.05, 0.1) is 40.1 Å². The number of furan rings is 1. The molecule has 0 bridgehead atoms. The zero-order valence-electron chi connectivity index (χ0n) is 24.7. The SMILES string of the molecule is CCOC(=O)C(Nc1c(OC)cc(C=C2C(C)=C(CC(=O)NCc3ccco3)c3cc(F)ccc32)cc1OC)N(C)C. The fourth-order valence-electron chi connectivity index (χ4n) is 4.88. The summed E-state index contributed by atoms with van der Waals surface area (Å²) in [7, 11) is 6.58. The second-order valence-electron chi connectivity index (χ2n) is 9.95. The second kappa shape index (κ2) is 13.4. The van der Waals surface area contributed by atoms with E-state index >= 15 is 0 Å². The Kier molecular flexibility index (Phi) is 9.69. The van der Waals surface area contributed by atoms with Gasteiger partial charge in [0.15, 0.2) is 6.17 Å². The van der Waals surface area contributed by atoms with Gasteiger partial charge in [0.25, 0.3) is 0 Å². The third kappa shape index (κ3) is 6.66. The van der Waals surface area contributed by atoms with Gasteiger partial charge in [0.1, 0.15) is 28.8 Å². The standard InChI is InChI=1S/C32H36FN3O6/c1-7-41-32(38)31(36(3)4)35-30-27(39-5)14-20(15-28(30)40-6)13-24-19(2)25(26-16-21(33)10-11-23(24)26)17-29(37)34-18-22-9-8-12-42-22/h8-16,31,35H,7,17-18H2,1-6H3,(H,34,37). The third-order valence-corrected chi connectivity index (χ3v) is 6.98. The van der Waals surface area contributed by atoms with Crippen LogP contribution in [0.4, 0.5) is 10.1 Å². The predicted molar refractivity (Wildman–Crippen MR) is 159 cm³/mol. The number of halogens is 1. The fourth-order valence-corrected chi connectivity index (χ4v) is 4.88. The number of fused-ring (bicyclic) bond motifs is 1. The first-order valence-electron chi connectivity index (χ1n) is 13.5. The molecule has 1 heterocycles. The summed E-state index contributed by atoms with van der Waals surface area (Å²) in [5, 5.41) is 6.04. The topological polar surface area (TPSA) is 102 Å². The second-order valence-corrected chi connectivity index (χ2v) is 9.95. The summed E-state index contributed by atoms with van der Waals surface area (Å²) in [5.41, 5.74) is 5.18. The molecule has 42 heavy (non-hydrogen) atoms. The van der Waals surface area contributed by atoms with Crippen LogP contribution in [0.5, 0.6) is 11.5 Å². The van der Waals surface area contributed by atoms with E-state index in [1.54, 1.807) is 50.4 Å². The number of allylic oxidation sites excluding steroid dienone is 2. The van der Waals surface area contributed by atoms with Crippen molar-refractivity contribution >= 4 is 34.8 Å². The van der Waals surface area contributed by atoms with Gasteiger partial charge < -0.3 is 29.3 Å². The lowest BCUT2D eigenvalue weighted by atomic mass is 10.00. The molecule has 2 aromatic carbocycles. The quantitative estimate of drug-likeness (QED) is 0.220. The molecule has 1 unspecified atom stereocenters. The minimum atomic E-state index is -0.778. The van der Waals surface area contributed by atoms with Gasteiger partial charge in [-0.25, -0.2) is 9.18 Å². The molecule has 1 atom stereocenters. The normalized spacial score (nSPS) is 14.1. The molecule has 222 valence electrons. The van der Waals surface area contributed by atoms with Gasteiger partial charge in [0.2, 0.25) is 5.91 Å². The first-order valence-corrected chi connectivity index (χ1v) is 13.5. The number of likely N-dealkylation sites (N-methyl/N-ethyl adjacent to an activating group) is 1. The number of hydrogen-bond acceptors (Lipinski definition) is 8. The number of nitrogens with one attached hydrogen (secondary N) is 2. The number of carbonyl (C=O) groups excluding carboxylic acids is 2. The number of nitrogens with zero attached hydrogens (tertiary/aromatic N) is 1. The number of hydrogen-bond donors (Lipinski definition) is 2. The Morgan fingerprint density at radius 2 is 1.79 bits per heavy atom. The average molecular weight is 578 g/mol. The molecule has 0 fully saturated rings. The summed E-state index contributed by atoms with van der Waals surface area (Å²) in [6.07, 6.45) is 2.80. The number of ether oxygens (including phenoxy) is 3. The maximum atomic E-state index is 14.4. The summed E-state index contributed by atoms with van der Waals surface area (Å²) < 4.78 is 36.3. The zero-order valence-corrected chi connectivity index (χ0v) is 24.7. The number of carbonyl (C=O) groups is 2. The van der Waals surface area contributed by atoms with Crippen molar-refractivity contribution in [3.8, 4) is 11.5 Å². The molecule has 10 heteroatoms. The van der Waals surface area contributed by atoms with Crippen LogP contribution in [0.3, 0.4) is 0 Å². The highest BCUT2D eigenvalue weighted by molar-refractivity contribution is 6.08. The van der Waals surface area contributed by atoms with Crippen LogP contribution in [-0.2, 0) is 20.9 Å². The van der Waals surface area contributed by atoms with E-state index in [-0.39, 0.29) is 31.3 Å². The van der Waals surface area contributed by atoms with Crippen molar-refractivity contribution in [2.45, 2.75) is 33.0 Å². The van der Waals surface area contributed by atoms with Crippen molar-refractivity contribution < 1.29 is 32.6 Å². The molecule has 0 radical (unpaired) electrons. The van der Waals surface area contributed by atoms with E-state index in [2.05, 4.69) is 10.6 Å². The molecule has 0 saturated heterocycles. The van der Waals surface area contributed by atoms with Crippen molar-refractivity contribution in [1.29, 1.82) is 0 Å². The Labute approximate surface area is 244 Å². The molecular formula is C32H36FN3O6. The van der Waals surface area contributed by atoms with Crippen molar-refractivity contribution in [3.63, 3.8) is 0 Å². The van der Waals surface area contributed by atoms with E-state index in [9.17, 15) is 14.0 Å². The fraction of sp³-hybridized carbons (Fsp3) is 0.312. The lowest BCUT2D eigenvalue weighted by Gasteiger charge is -2.26. The van der Waals surface area contributed by atoms with E-state index in [1.165, 1.54) is 26.4 Å². The summed E-state index contributed by atoms with van der Waals surface area (Å²) >= 11 is 0. The molecule has 3 aromatic rings. The van der Waals surface area contributed by atoms with Gasteiger partial charge in [-0.05, 0) is 104 Å². The van der Waals surface area contributed by atoms with Gasteiger partial charge in [-0.3, -0.25) is 9.69 Å². The molecule has 0 aliphatic heterocycles. The molecule has 0 spiro atoms. The third-order valence-electron chi connectivity index (χ3n) is 6.98. The summed E-state index contributed by atoms with van der Waals surface area (Å²) in [6, 6.07) is 11.8. The Bertz CT molecular complexity index is 1490. The Balaban J connectivity index is 1.70. The van der Waals surface area contributed by atoms with E-state index in [0.717, 1.165) is 27.8 Å². The van der Waals surface area contributed by atoms with Crippen LogP contribution >= 0.6 is 0 Å². The highest BCUT2D eigenvalue weighted by atomic mass is 19.1. The van der Waals surface area contributed by atoms with Crippen molar-refractivity contribution in [2.24, 2.45) is 0 Å². The van der Waals surface area contributed by atoms with E-state index in [4.69, 9.17) is 18.6 Å². The van der Waals surface area contributed by atoms with Crippen LogP contribution in [0.15, 0.2) is 58.7 Å². The molecule has 9 nitrogen and oxygen atoms in total. The van der Waals surface area contributed by atoms with Gasteiger partial charge >= 0.3 is 5.97 Å². The molecule has 0 saturated carbocycles. The first kappa shape index (κ1) is 30.4. The van der Waals surface area contributed by atoms with Crippen LogP contribution in [0.2, 0.25) is 0 Å². The van der Waals surface area contributed by atoms with Crippen molar-refractivity contribution in [1.82, 2.24) is 10.2 Å². The van der Waals surface area contributed by atoms with Gasteiger partial charge in [-0.2, -0.15) is 0 Å². The summed E-state index contributed by atoms with van der Waals surface area (Å²) in [5.74, 6) is 0.532. The summed E-state index contributed by atoms with van der Waals surface area (Å²) in [4.78, 5) is 27.1. The van der Waals surface area contributed by atoms with Crippen LogP contribution in [0.1, 0.15) is 42.7 Å². The molecule has 1 aliphatic rings. The number of esters is 1. The average Bonchev–Trinajstić information content (AvgIpc) is 3.57. The van der Waals surface area contributed by atoms with Crippen LogP contribution in [0, 0.1) is 5.82 Å². The number of amides is 1. The number of methoxy groups -OCH3 is 2. The van der Waals surface area contributed by atoms with Crippen LogP contribution in [0.25, 0.3) is 17.2 Å². The van der Waals surface area contributed by atoms with E-state index < -0.39 is 12.1 Å². The Hall–Kier alpha value is -4.57. The monoisotopic (exact) mass is 577 g/mol. The zero-order chi connectivity index (χ0) is 30.4. The number of rotatable bonds is 12. The Morgan fingerprint density at radius 3 is 2.38 bits per heavy atom. The van der Waals surface area contributed by atoms with Crippen LogP contribution < -0.4 is 20.1 Å². The molecule has 2 N–H and O–H groups in total. The van der Waals surface area contributed by atoms with E-state index in [1.807, 2.05) is 25.1 Å². The molecule has 1 aliphatic carbocycles. The number of benzene rings is 2. The lowest BCUT2D eigenvalue weighted by Crippen LogP contribution is -2.43. The van der Waals surface area contributed by atoms with Crippen molar-refractivity contribution in [2.75, 3.05) is 40.2 Å². The van der Waals surface area contributed by atoms with Gasteiger partial charge in [0, 0.05) is 0 Å². The number of anilines is 1. The van der Waals surface area contributed by atoms with Crippen LogP contribution in [-0.4, -0.2) is 57.9 Å². The van der Waals surface area contributed by atoms with Crippen molar-refractivity contribution in [3.05, 3.63) is 82.6 Å². The predicted octanol–water partition coefficient (Wildman–Crippen LogP) is 5.33. The minimum Gasteiger partial charge on any atom is -0.494 e. The molecule has 1 aromatic heterocycles. The molecule has 4 rings (SSSR count). The van der Waals surface area contributed by atoms with Gasteiger partial charge in [-0.1, -0.05) is 6.07 Å². The smallest absolute Gasteiger partial charge is 0.343 e. The molecular weight excluding hydrogens is 541 g/mol. The van der Waals surface area contributed by atoms with Gasteiger partial charge in [-0.15, -0.1) is 0 Å².